The third-order valence-corrected chi connectivity index (χ3v) is 4.49. The Morgan fingerprint density at radius 2 is 1.86 bits per heavy atom. The van der Waals surface area contributed by atoms with Gasteiger partial charge in [0.25, 0.3) is 0 Å². The van der Waals surface area contributed by atoms with E-state index in [1.54, 1.807) is 11.9 Å². The number of hydrogen-bond acceptors (Lipinski definition) is 2. The van der Waals surface area contributed by atoms with Crippen molar-refractivity contribution < 1.29 is 9.90 Å². The predicted molar refractivity (Wildman–Crippen MR) is 87.5 cm³/mol. The van der Waals surface area contributed by atoms with Gasteiger partial charge in [0.2, 0.25) is 5.91 Å². The van der Waals surface area contributed by atoms with Gasteiger partial charge in [-0.1, -0.05) is 52.0 Å². The number of aliphatic hydroxyl groups is 1. The molecule has 0 aromatic heterocycles. The van der Waals surface area contributed by atoms with Crippen LogP contribution in [0.15, 0.2) is 24.3 Å². The summed E-state index contributed by atoms with van der Waals surface area (Å²) < 4.78 is 0. The molecule has 1 amide bonds. The lowest BCUT2D eigenvalue weighted by molar-refractivity contribution is -0.130. The summed E-state index contributed by atoms with van der Waals surface area (Å²) in [4.78, 5) is 13.6. The van der Waals surface area contributed by atoms with E-state index in [1.165, 1.54) is 11.1 Å². The lowest BCUT2D eigenvalue weighted by Gasteiger charge is -2.24. The van der Waals surface area contributed by atoms with E-state index in [-0.39, 0.29) is 23.8 Å². The Morgan fingerprint density at radius 3 is 2.33 bits per heavy atom. The zero-order valence-electron chi connectivity index (χ0n) is 14.0. The van der Waals surface area contributed by atoms with Crippen molar-refractivity contribution in [1.82, 2.24) is 4.90 Å². The Hall–Kier alpha value is -1.35. The number of nitrogens with zero attached hydrogens (tertiary/aromatic N) is 1. The zero-order valence-corrected chi connectivity index (χ0v) is 14.0. The molecule has 0 unspecified atom stereocenters. The van der Waals surface area contributed by atoms with E-state index in [1.807, 2.05) is 0 Å². The molecule has 0 fully saturated rings. The van der Waals surface area contributed by atoms with Gasteiger partial charge in [-0.15, -0.1) is 0 Å². The number of benzene rings is 1. The van der Waals surface area contributed by atoms with Gasteiger partial charge < -0.3 is 10.0 Å². The summed E-state index contributed by atoms with van der Waals surface area (Å²) >= 11 is 0. The van der Waals surface area contributed by atoms with Gasteiger partial charge in [0.05, 0.1) is 6.61 Å². The van der Waals surface area contributed by atoms with Crippen LogP contribution in [0.2, 0.25) is 0 Å². The molecule has 0 saturated carbocycles. The number of amides is 1. The van der Waals surface area contributed by atoms with E-state index in [2.05, 4.69) is 52.0 Å². The third-order valence-electron chi connectivity index (χ3n) is 4.49. The van der Waals surface area contributed by atoms with E-state index in [0.717, 1.165) is 6.42 Å². The van der Waals surface area contributed by atoms with Crippen molar-refractivity contribution >= 4 is 5.91 Å². The van der Waals surface area contributed by atoms with Gasteiger partial charge in [0, 0.05) is 20.0 Å². The van der Waals surface area contributed by atoms with E-state index in [4.69, 9.17) is 5.11 Å². The minimum atomic E-state index is 0.0113. The van der Waals surface area contributed by atoms with Crippen LogP contribution in [0.25, 0.3) is 0 Å². The second kappa shape index (κ2) is 7.60. The predicted octanol–water partition coefficient (Wildman–Crippen LogP) is 3.32. The summed E-state index contributed by atoms with van der Waals surface area (Å²) in [6.07, 6.45) is 1.58. The van der Waals surface area contributed by atoms with Gasteiger partial charge in [0.1, 0.15) is 0 Å². The summed E-state index contributed by atoms with van der Waals surface area (Å²) in [5.41, 5.74) is 2.72. The van der Waals surface area contributed by atoms with Crippen LogP contribution in [-0.2, 0) is 10.2 Å². The molecule has 1 N–H and O–H groups in total. The number of likely N-dealkylation sites (N-methyl/N-ethyl adjacent to an activating group) is 1. The highest BCUT2D eigenvalue weighted by Crippen LogP contribution is 2.28. The molecule has 0 aliphatic heterocycles. The van der Waals surface area contributed by atoms with Gasteiger partial charge in [-0.25, -0.2) is 0 Å². The minimum absolute atomic E-state index is 0.0113. The van der Waals surface area contributed by atoms with Crippen molar-refractivity contribution in [3.63, 3.8) is 0 Å². The van der Waals surface area contributed by atoms with E-state index < -0.39 is 0 Å². The summed E-state index contributed by atoms with van der Waals surface area (Å²) in [5.74, 6) is 0.270. The number of rotatable bonds is 7. The van der Waals surface area contributed by atoms with Gasteiger partial charge in [0.15, 0.2) is 0 Å². The molecule has 1 atom stereocenters. The van der Waals surface area contributed by atoms with Crippen molar-refractivity contribution in [1.29, 1.82) is 0 Å². The smallest absolute Gasteiger partial charge is 0.222 e. The molecule has 0 aliphatic rings. The first-order valence-electron chi connectivity index (χ1n) is 7.77. The lowest BCUT2D eigenvalue weighted by atomic mass is 9.81. The summed E-state index contributed by atoms with van der Waals surface area (Å²) in [5, 5.41) is 8.87. The zero-order chi connectivity index (χ0) is 16.0. The topological polar surface area (TPSA) is 40.5 Å². The van der Waals surface area contributed by atoms with Crippen molar-refractivity contribution in [2.45, 2.75) is 51.9 Å². The molecule has 1 rings (SSSR count). The minimum Gasteiger partial charge on any atom is -0.395 e. The molecule has 0 bridgehead atoms. The number of carbonyl (C=O) groups excluding carboxylic acids is 1. The van der Waals surface area contributed by atoms with Gasteiger partial charge in [-0.05, 0) is 28.9 Å². The fourth-order valence-corrected chi connectivity index (χ4v) is 2.28. The van der Waals surface area contributed by atoms with Crippen molar-refractivity contribution in [2.24, 2.45) is 0 Å². The first kappa shape index (κ1) is 17.7. The Morgan fingerprint density at radius 1 is 1.29 bits per heavy atom. The Balaban J connectivity index is 2.71. The third kappa shape index (κ3) is 4.85. The standard InChI is InChI=1S/C18H29NO2/c1-6-18(3,4)16-9-7-15(8-10-16)14(2)13-17(21)19(5)11-12-20/h7-10,14,20H,6,11-13H2,1-5H3/t14-/m1/s1. The van der Waals surface area contributed by atoms with E-state index in [9.17, 15) is 4.79 Å². The van der Waals surface area contributed by atoms with Crippen molar-refractivity contribution in [3.05, 3.63) is 35.4 Å². The summed E-state index contributed by atoms with van der Waals surface area (Å²) in [6, 6.07) is 8.63. The van der Waals surface area contributed by atoms with Crippen LogP contribution in [0.1, 0.15) is 57.6 Å². The quantitative estimate of drug-likeness (QED) is 0.837. The molecule has 118 valence electrons. The van der Waals surface area contributed by atoms with Crippen LogP contribution in [0.4, 0.5) is 0 Å². The first-order chi connectivity index (χ1) is 9.81. The molecular weight excluding hydrogens is 262 g/mol. The molecule has 3 nitrogen and oxygen atoms in total. The first-order valence-corrected chi connectivity index (χ1v) is 7.77. The normalized spacial score (nSPS) is 13.0. The molecule has 0 radical (unpaired) electrons. The molecule has 0 aliphatic carbocycles. The number of carbonyl (C=O) groups is 1. The summed E-state index contributed by atoms with van der Waals surface area (Å²) in [6.45, 7) is 9.18. The highest BCUT2D eigenvalue weighted by Gasteiger charge is 2.19. The maximum atomic E-state index is 12.0. The average molecular weight is 291 g/mol. The highest BCUT2D eigenvalue weighted by atomic mass is 16.3. The SMILES string of the molecule is CCC(C)(C)c1ccc([C@H](C)CC(=O)N(C)CCO)cc1. The second-order valence-electron chi connectivity index (χ2n) is 6.50. The maximum absolute atomic E-state index is 12.0. The van der Waals surface area contributed by atoms with Crippen LogP contribution in [-0.4, -0.2) is 36.1 Å². The molecule has 3 heteroatoms. The molecular formula is C18H29NO2. The number of aliphatic hydroxyl groups excluding tert-OH is 1. The average Bonchev–Trinajstić information content (AvgIpc) is 2.47. The van der Waals surface area contributed by atoms with Gasteiger partial charge >= 0.3 is 0 Å². The van der Waals surface area contributed by atoms with Crippen molar-refractivity contribution in [3.8, 4) is 0 Å². The highest BCUT2D eigenvalue weighted by molar-refractivity contribution is 5.76. The fourth-order valence-electron chi connectivity index (χ4n) is 2.28. The lowest BCUT2D eigenvalue weighted by Crippen LogP contribution is -2.30. The Labute approximate surface area is 129 Å². The monoisotopic (exact) mass is 291 g/mol. The molecule has 0 heterocycles. The van der Waals surface area contributed by atoms with E-state index >= 15 is 0 Å². The van der Waals surface area contributed by atoms with Crippen LogP contribution >= 0.6 is 0 Å². The summed E-state index contributed by atoms with van der Waals surface area (Å²) in [7, 11) is 1.73. The van der Waals surface area contributed by atoms with Crippen LogP contribution < -0.4 is 0 Å². The number of hydrogen-bond donors (Lipinski definition) is 1. The van der Waals surface area contributed by atoms with Crippen LogP contribution in [0.3, 0.4) is 0 Å². The van der Waals surface area contributed by atoms with Gasteiger partial charge in [-0.3, -0.25) is 4.79 Å². The Kier molecular flexibility index (Phi) is 6.41. The molecule has 1 aromatic carbocycles. The van der Waals surface area contributed by atoms with Crippen molar-refractivity contribution in [2.75, 3.05) is 20.2 Å². The second-order valence-corrected chi connectivity index (χ2v) is 6.50. The van der Waals surface area contributed by atoms with Crippen LogP contribution in [0, 0.1) is 0 Å². The van der Waals surface area contributed by atoms with Crippen LogP contribution in [0.5, 0.6) is 0 Å². The molecule has 1 aromatic rings. The molecule has 0 saturated heterocycles. The Bertz CT molecular complexity index is 451. The molecule has 0 spiro atoms. The maximum Gasteiger partial charge on any atom is 0.222 e. The molecule has 21 heavy (non-hydrogen) atoms. The van der Waals surface area contributed by atoms with E-state index in [0.29, 0.717) is 13.0 Å². The van der Waals surface area contributed by atoms with Gasteiger partial charge in [-0.2, -0.15) is 0 Å². The largest absolute Gasteiger partial charge is 0.395 e. The fraction of sp³-hybridized carbons (Fsp3) is 0.611.